The number of para-hydroxylation sites is 1. The lowest BCUT2D eigenvalue weighted by molar-refractivity contribution is -0.148. The van der Waals surface area contributed by atoms with Crippen LogP contribution in [0.25, 0.3) is 10.9 Å². The Labute approximate surface area is 234 Å². The van der Waals surface area contributed by atoms with Crippen LogP contribution >= 0.6 is 0 Å². The number of nitrogens with zero attached hydrogens (tertiary/aromatic N) is 2. The second-order valence-corrected chi connectivity index (χ2v) is 11.5. The predicted octanol–water partition coefficient (Wildman–Crippen LogP) is 3.40. The molecule has 0 aliphatic carbocycles. The van der Waals surface area contributed by atoms with Crippen LogP contribution < -0.4 is 5.32 Å². The Morgan fingerprint density at radius 3 is 2.25 bits per heavy atom. The highest BCUT2D eigenvalue weighted by atomic mass is 16.2. The molecule has 0 spiro atoms. The Morgan fingerprint density at radius 2 is 1.45 bits per heavy atom. The van der Waals surface area contributed by atoms with E-state index in [1.165, 1.54) is 0 Å². The SMILES string of the molecule is O=C1CC(Cc2ccccc2)NC(=O)C2CCCN2C(=O)C2CCCN2C(=O)C(Cc2c[nH]c3ccccc23)C1. The summed E-state index contributed by atoms with van der Waals surface area (Å²) in [6.07, 6.45) is 5.71. The number of H-pyrrole nitrogens is 1. The first kappa shape index (κ1) is 26.3. The van der Waals surface area contributed by atoms with E-state index in [-0.39, 0.29) is 36.3 Å². The summed E-state index contributed by atoms with van der Waals surface area (Å²) in [5, 5.41) is 4.16. The topological polar surface area (TPSA) is 103 Å². The smallest absolute Gasteiger partial charge is 0.246 e. The maximum Gasteiger partial charge on any atom is 0.246 e. The van der Waals surface area contributed by atoms with Crippen molar-refractivity contribution in [3.05, 3.63) is 71.9 Å². The van der Waals surface area contributed by atoms with Crippen LogP contribution in [0.2, 0.25) is 0 Å². The van der Waals surface area contributed by atoms with Crippen LogP contribution in [0.3, 0.4) is 0 Å². The molecule has 40 heavy (non-hydrogen) atoms. The third-order valence-corrected chi connectivity index (χ3v) is 8.77. The van der Waals surface area contributed by atoms with Gasteiger partial charge in [0.1, 0.15) is 17.9 Å². The summed E-state index contributed by atoms with van der Waals surface area (Å²) in [6, 6.07) is 16.2. The number of aromatic nitrogens is 1. The number of carbonyl (C=O) groups is 4. The Morgan fingerprint density at radius 1 is 0.750 bits per heavy atom. The van der Waals surface area contributed by atoms with Gasteiger partial charge in [-0.3, -0.25) is 19.2 Å². The molecule has 3 amide bonds. The number of benzene rings is 2. The Hall–Kier alpha value is -3.94. The molecular formula is C32H36N4O4. The molecule has 6 rings (SSSR count). The Kier molecular flexibility index (Phi) is 7.41. The molecule has 3 saturated heterocycles. The predicted molar refractivity (Wildman–Crippen MR) is 151 cm³/mol. The number of fused-ring (bicyclic) bond motifs is 3. The Balaban J connectivity index is 1.34. The van der Waals surface area contributed by atoms with Gasteiger partial charge in [-0.1, -0.05) is 48.5 Å². The molecule has 0 radical (unpaired) electrons. The van der Waals surface area contributed by atoms with Gasteiger partial charge in [0.2, 0.25) is 17.7 Å². The van der Waals surface area contributed by atoms with Gasteiger partial charge < -0.3 is 20.1 Å². The average molecular weight is 541 g/mol. The monoisotopic (exact) mass is 540 g/mol. The zero-order valence-corrected chi connectivity index (χ0v) is 22.7. The molecule has 8 heteroatoms. The number of aromatic amines is 1. The molecule has 4 unspecified atom stereocenters. The molecule has 1 aromatic heterocycles. The number of carbonyl (C=O) groups excluding carboxylic acids is 4. The first-order valence-electron chi connectivity index (χ1n) is 14.5. The van der Waals surface area contributed by atoms with Crippen LogP contribution in [-0.4, -0.2) is 69.5 Å². The first-order chi connectivity index (χ1) is 19.5. The van der Waals surface area contributed by atoms with Crippen molar-refractivity contribution in [3.8, 4) is 0 Å². The lowest BCUT2D eigenvalue weighted by Gasteiger charge is -2.32. The zero-order chi connectivity index (χ0) is 27.6. The van der Waals surface area contributed by atoms with E-state index < -0.39 is 24.0 Å². The van der Waals surface area contributed by atoms with Gasteiger partial charge in [-0.05, 0) is 55.7 Å². The van der Waals surface area contributed by atoms with Gasteiger partial charge >= 0.3 is 0 Å². The number of nitrogens with one attached hydrogen (secondary N) is 2. The van der Waals surface area contributed by atoms with E-state index in [1.807, 2.05) is 60.8 Å². The quantitative estimate of drug-likeness (QED) is 0.530. The summed E-state index contributed by atoms with van der Waals surface area (Å²) in [6.45, 7) is 1.01. The van der Waals surface area contributed by atoms with Crippen LogP contribution in [-0.2, 0) is 32.0 Å². The molecule has 2 N–H and O–H groups in total. The van der Waals surface area contributed by atoms with Gasteiger partial charge in [-0.2, -0.15) is 0 Å². The van der Waals surface area contributed by atoms with Crippen LogP contribution in [0.5, 0.6) is 0 Å². The molecule has 3 aliphatic heterocycles. The van der Waals surface area contributed by atoms with Crippen molar-refractivity contribution in [2.75, 3.05) is 13.1 Å². The standard InChI is InChI=1S/C32H36N4O4/c37-25-18-22(17-23-20-33-27-11-5-4-10-26(23)27)31(39)36-15-7-13-29(36)32(40)35-14-6-12-28(35)30(38)34-24(19-25)16-21-8-2-1-3-9-21/h1-5,8-11,20,22,24,28-29,33H,6-7,12-19H2,(H,34,38). The van der Waals surface area contributed by atoms with Crippen molar-refractivity contribution in [3.63, 3.8) is 0 Å². The van der Waals surface area contributed by atoms with Gasteiger partial charge in [0.25, 0.3) is 0 Å². The first-order valence-corrected chi connectivity index (χ1v) is 14.5. The van der Waals surface area contributed by atoms with E-state index >= 15 is 0 Å². The third kappa shape index (κ3) is 5.27. The third-order valence-electron chi connectivity index (χ3n) is 8.77. The average Bonchev–Trinajstić information content (AvgIpc) is 3.72. The van der Waals surface area contributed by atoms with E-state index in [2.05, 4.69) is 10.3 Å². The van der Waals surface area contributed by atoms with E-state index in [0.29, 0.717) is 38.8 Å². The lowest BCUT2D eigenvalue weighted by Crippen LogP contribution is -2.54. The lowest BCUT2D eigenvalue weighted by atomic mass is 9.89. The molecule has 2 aromatic carbocycles. The second kappa shape index (κ2) is 11.3. The van der Waals surface area contributed by atoms with E-state index in [9.17, 15) is 19.2 Å². The fourth-order valence-electron chi connectivity index (χ4n) is 6.83. The summed E-state index contributed by atoms with van der Waals surface area (Å²) in [7, 11) is 0. The molecule has 8 nitrogen and oxygen atoms in total. The molecule has 0 saturated carbocycles. The molecule has 0 bridgehead atoms. The summed E-state index contributed by atoms with van der Waals surface area (Å²) in [4.78, 5) is 61.7. The zero-order valence-electron chi connectivity index (χ0n) is 22.7. The van der Waals surface area contributed by atoms with Crippen LogP contribution in [0.15, 0.2) is 60.8 Å². The summed E-state index contributed by atoms with van der Waals surface area (Å²) in [5.74, 6) is -1.11. The molecule has 3 aliphatic rings. The van der Waals surface area contributed by atoms with Gasteiger partial charge in [-0.25, -0.2) is 0 Å². The number of rotatable bonds is 4. The number of amides is 3. The molecule has 4 heterocycles. The molecule has 208 valence electrons. The van der Waals surface area contributed by atoms with Crippen LogP contribution in [0.1, 0.15) is 49.7 Å². The molecule has 4 atom stereocenters. The largest absolute Gasteiger partial charge is 0.361 e. The summed E-state index contributed by atoms with van der Waals surface area (Å²) in [5.41, 5.74) is 3.00. The molecular weight excluding hydrogens is 504 g/mol. The Bertz CT molecular complexity index is 1420. The summed E-state index contributed by atoms with van der Waals surface area (Å²) < 4.78 is 0. The minimum Gasteiger partial charge on any atom is -0.361 e. The molecule has 3 fully saturated rings. The van der Waals surface area contributed by atoms with Gasteiger partial charge in [0.05, 0.1) is 0 Å². The number of ketones is 1. The van der Waals surface area contributed by atoms with Crippen molar-refractivity contribution in [1.29, 1.82) is 0 Å². The fraction of sp³-hybridized carbons (Fsp3) is 0.438. The van der Waals surface area contributed by atoms with Crippen molar-refractivity contribution < 1.29 is 19.2 Å². The van der Waals surface area contributed by atoms with Crippen molar-refractivity contribution in [1.82, 2.24) is 20.1 Å². The second-order valence-electron chi connectivity index (χ2n) is 11.5. The van der Waals surface area contributed by atoms with Gasteiger partial charge in [0, 0.05) is 55.0 Å². The van der Waals surface area contributed by atoms with E-state index in [1.54, 1.807) is 9.80 Å². The summed E-state index contributed by atoms with van der Waals surface area (Å²) >= 11 is 0. The maximum absolute atomic E-state index is 14.1. The van der Waals surface area contributed by atoms with Gasteiger partial charge in [-0.15, -0.1) is 0 Å². The number of Topliss-reactive ketones (excluding diaryl/α,β-unsaturated/α-hetero) is 1. The van der Waals surface area contributed by atoms with Gasteiger partial charge in [0.15, 0.2) is 0 Å². The maximum atomic E-state index is 14.1. The number of hydrogen-bond acceptors (Lipinski definition) is 4. The minimum absolute atomic E-state index is 0.0518. The van der Waals surface area contributed by atoms with Crippen LogP contribution in [0.4, 0.5) is 0 Å². The van der Waals surface area contributed by atoms with Crippen molar-refractivity contribution >= 4 is 34.4 Å². The van der Waals surface area contributed by atoms with Crippen molar-refractivity contribution in [2.45, 2.75) is 69.5 Å². The van der Waals surface area contributed by atoms with Crippen molar-refractivity contribution in [2.24, 2.45) is 5.92 Å². The fourth-order valence-corrected chi connectivity index (χ4v) is 6.83. The minimum atomic E-state index is -0.581. The highest BCUT2D eigenvalue weighted by Gasteiger charge is 2.44. The molecule has 3 aromatic rings. The number of hydrogen-bond donors (Lipinski definition) is 2. The van der Waals surface area contributed by atoms with Crippen LogP contribution in [0, 0.1) is 5.92 Å². The normalized spacial score (nSPS) is 26.2. The van der Waals surface area contributed by atoms with E-state index in [4.69, 9.17) is 0 Å². The van der Waals surface area contributed by atoms with E-state index in [0.717, 1.165) is 34.9 Å². The highest BCUT2D eigenvalue weighted by Crippen LogP contribution is 2.30. The highest BCUT2D eigenvalue weighted by molar-refractivity contribution is 5.95.